The number of anilines is 1. The van der Waals surface area contributed by atoms with E-state index in [1.54, 1.807) is 35.2 Å². The average Bonchev–Trinajstić information content (AvgIpc) is 3.21. The van der Waals surface area contributed by atoms with Crippen LogP contribution in [0.15, 0.2) is 48.5 Å². The van der Waals surface area contributed by atoms with E-state index in [4.69, 9.17) is 27.2 Å². The van der Waals surface area contributed by atoms with Crippen LogP contribution >= 0.6 is 11.6 Å². The molecular formula is C23H24ClN5O4. The molecule has 0 bridgehead atoms. The van der Waals surface area contributed by atoms with Crippen LogP contribution in [0.4, 0.5) is 10.5 Å². The molecule has 0 radical (unpaired) electrons. The van der Waals surface area contributed by atoms with E-state index in [1.807, 2.05) is 18.2 Å². The highest BCUT2D eigenvalue weighted by Gasteiger charge is 2.20. The van der Waals surface area contributed by atoms with E-state index in [2.05, 4.69) is 15.3 Å². The van der Waals surface area contributed by atoms with Gasteiger partial charge in [0, 0.05) is 29.9 Å². The summed E-state index contributed by atoms with van der Waals surface area (Å²) in [5, 5.41) is 11.4. The third-order valence-corrected chi connectivity index (χ3v) is 5.64. The number of benzene rings is 2. The molecule has 0 saturated carbocycles. The molecule has 1 aliphatic heterocycles. The van der Waals surface area contributed by atoms with Gasteiger partial charge in [-0.15, -0.1) is 0 Å². The third-order valence-electron chi connectivity index (χ3n) is 5.37. The first kappa shape index (κ1) is 22.8. The van der Waals surface area contributed by atoms with Gasteiger partial charge in [-0.05, 0) is 36.2 Å². The minimum Gasteiger partial charge on any atom is -0.465 e. The Kier molecular flexibility index (Phi) is 6.93. The van der Waals surface area contributed by atoms with Crippen molar-refractivity contribution in [3.8, 4) is 11.3 Å². The molecule has 10 heteroatoms. The van der Waals surface area contributed by atoms with Gasteiger partial charge in [0.2, 0.25) is 0 Å². The number of aromatic nitrogens is 2. The zero-order valence-corrected chi connectivity index (χ0v) is 18.5. The van der Waals surface area contributed by atoms with Gasteiger partial charge in [-0.1, -0.05) is 35.9 Å². The molecule has 4 rings (SSSR count). The molecule has 1 aliphatic rings. The number of carbonyl (C=O) groups excluding carboxylic acids is 1. The molecule has 2 heterocycles. The van der Waals surface area contributed by atoms with E-state index >= 15 is 0 Å². The number of hydrogen-bond donors (Lipinski definition) is 4. The summed E-state index contributed by atoms with van der Waals surface area (Å²) in [5.41, 5.74) is 9.63. The predicted octanol–water partition coefficient (Wildman–Crippen LogP) is 3.53. The number of hydrogen-bond acceptors (Lipinski definition) is 5. The number of carbonyl (C=O) groups is 2. The van der Waals surface area contributed by atoms with Crippen molar-refractivity contribution >= 4 is 29.3 Å². The highest BCUT2D eigenvalue weighted by molar-refractivity contribution is 6.31. The summed E-state index contributed by atoms with van der Waals surface area (Å²) in [4.78, 5) is 32.9. The van der Waals surface area contributed by atoms with E-state index in [9.17, 15) is 9.59 Å². The van der Waals surface area contributed by atoms with Gasteiger partial charge < -0.3 is 25.5 Å². The molecule has 1 aromatic heterocycles. The van der Waals surface area contributed by atoms with E-state index in [0.717, 1.165) is 11.1 Å². The zero-order valence-electron chi connectivity index (χ0n) is 17.8. The Morgan fingerprint density at radius 3 is 2.64 bits per heavy atom. The summed E-state index contributed by atoms with van der Waals surface area (Å²) in [5.74, 6) is 0.505. The number of morpholine rings is 1. The van der Waals surface area contributed by atoms with Gasteiger partial charge in [0.05, 0.1) is 19.3 Å². The van der Waals surface area contributed by atoms with E-state index in [-0.39, 0.29) is 5.91 Å². The number of halogens is 1. The Balaban J connectivity index is 1.46. The molecule has 2 amide bonds. The molecule has 33 heavy (non-hydrogen) atoms. The van der Waals surface area contributed by atoms with Crippen LogP contribution in [-0.2, 0) is 11.2 Å². The maximum atomic E-state index is 12.8. The quantitative estimate of drug-likeness (QED) is 0.436. The molecule has 5 N–H and O–H groups in total. The highest BCUT2D eigenvalue weighted by atomic mass is 35.5. The molecule has 0 spiro atoms. The number of nitrogens with one attached hydrogen (secondary N) is 2. The van der Waals surface area contributed by atoms with Crippen molar-refractivity contribution in [2.24, 2.45) is 5.73 Å². The van der Waals surface area contributed by atoms with E-state index in [1.165, 1.54) is 0 Å². The maximum Gasteiger partial charge on any atom is 0.409 e. The second kappa shape index (κ2) is 10.0. The molecule has 2 aromatic carbocycles. The standard InChI is InChI=1S/C23H24ClN5O4/c24-20-19(15-4-6-17(7-5-15)26-23(31)32)27-21(28-20)18(25)13-14-2-1-3-16(12-14)22(30)29-8-10-33-11-9-29/h1-7,12,18,26H,8-11,13,25H2,(H,27,28)(H,31,32). The highest BCUT2D eigenvalue weighted by Crippen LogP contribution is 2.29. The Morgan fingerprint density at radius 1 is 1.21 bits per heavy atom. The van der Waals surface area contributed by atoms with Gasteiger partial charge >= 0.3 is 6.09 Å². The lowest BCUT2D eigenvalue weighted by Crippen LogP contribution is -2.40. The van der Waals surface area contributed by atoms with Crippen LogP contribution < -0.4 is 11.1 Å². The summed E-state index contributed by atoms with van der Waals surface area (Å²) >= 11 is 6.36. The van der Waals surface area contributed by atoms with E-state index < -0.39 is 12.1 Å². The van der Waals surface area contributed by atoms with Crippen LogP contribution in [-0.4, -0.2) is 58.3 Å². The predicted molar refractivity (Wildman–Crippen MR) is 124 cm³/mol. The van der Waals surface area contributed by atoms with Crippen LogP contribution in [0.5, 0.6) is 0 Å². The Hall–Kier alpha value is -3.40. The molecule has 0 aliphatic carbocycles. The van der Waals surface area contributed by atoms with Gasteiger partial charge in [0.15, 0.2) is 0 Å². The Bertz CT molecular complexity index is 1140. The first-order valence-electron chi connectivity index (χ1n) is 10.5. The van der Waals surface area contributed by atoms with Gasteiger partial charge in [-0.3, -0.25) is 10.1 Å². The Labute approximate surface area is 195 Å². The van der Waals surface area contributed by atoms with Crippen LogP contribution in [0.25, 0.3) is 11.3 Å². The van der Waals surface area contributed by atoms with Crippen molar-refractivity contribution in [2.45, 2.75) is 12.5 Å². The second-order valence-corrected chi connectivity index (χ2v) is 8.09. The molecule has 1 fully saturated rings. The van der Waals surface area contributed by atoms with Crippen LogP contribution in [0.3, 0.4) is 0 Å². The monoisotopic (exact) mass is 469 g/mol. The van der Waals surface area contributed by atoms with E-state index in [0.29, 0.717) is 60.6 Å². The number of aromatic amines is 1. The minimum atomic E-state index is -1.13. The van der Waals surface area contributed by atoms with Crippen molar-refractivity contribution in [3.63, 3.8) is 0 Å². The molecule has 172 valence electrons. The van der Waals surface area contributed by atoms with Gasteiger partial charge in [-0.25, -0.2) is 9.78 Å². The lowest BCUT2D eigenvalue weighted by atomic mass is 10.0. The summed E-state index contributed by atoms with van der Waals surface area (Å²) in [6.07, 6.45) is -0.667. The SMILES string of the molecule is NC(Cc1cccc(C(=O)N2CCOCC2)c1)c1nc(-c2ccc(NC(=O)O)cc2)c(Cl)[nH]1. The third kappa shape index (κ3) is 5.51. The lowest BCUT2D eigenvalue weighted by Gasteiger charge is -2.27. The van der Waals surface area contributed by atoms with Crippen molar-refractivity contribution < 1.29 is 19.4 Å². The van der Waals surface area contributed by atoms with Gasteiger partial charge in [-0.2, -0.15) is 0 Å². The smallest absolute Gasteiger partial charge is 0.409 e. The fourth-order valence-corrected chi connectivity index (χ4v) is 3.95. The minimum absolute atomic E-state index is 0.0158. The average molecular weight is 470 g/mol. The first-order valence-corrected chi connectivity index (χ1v) is 10.9. The van der Waals surface area contributed by atoms with Crippen LogP contribution in [0.2, 0.25) is 5.15 Å². The second-order valence-electron chi connectivity index (χ2n) is 7.71. The van der Waals surface area contributed by atoms with Crippen molar-refractivity contribution in [1.82, 2.24) is 14.9 Å². The molecule has 1 unspecified atom stereocenters. The van der Waals surface area contributed by atoms with Crippen molar-refractivity contribution in [2.75, 3.05) is 31.6 Å². The molecule has 1 saturated heterocycles. The number of H-pyrrole nitrogens is 1. The molecule has 9 nitrogen and oxygen atoms in total. The largest absolute Gasteiger partial charge is 0.465 e. The first-order chi connectivity index (χ1) is 15.9. The number of carboxylic acid groups (broad SMARTS) is 1. The summed E-state index contributed by atoms with van der Waals surface area (Å²) in [7, 11) is 0. The van der Waals surface area contributed by atoms with Gasteiger partial charge in [0.25, 0.3) is 5.91 Å². The summed E-state index contributed by atoms with van der Waals surface area (Å²) in [6.45, 7) is 2.28. The number of nitrogens with two attached hydrogens (primary N) is 1. The zero-order chi connectivity index (χ0) is 23.4. The summed E-state index contributed by atoms with van der Waals surface area (Å²) in [6, 6.07) is 13.7. The normalized spacial score (nSPS) is 14.7. The molecule has 3 aromatic rings. The number of amides is 2. The fourth-order valence-electron chi connectivity index (χ4n) is 3.70. The number of ether oxygens (including phenoxy) is 1. The molecular weight excluding hydrogens is 446 g/mol. The summed E-state index contributed by atoms with van der Waals surface area (Å²) < 4.78 is 5.32. The van der Waals surface area contributed by atoms with Crippen molar-refractivity contribution in [3.05, 3.63) is 70.6 Å². The van der Waals surface area contributed by atoms with Gasteiger partial charge in [0.1, 0.15) is 16.7 Å². The Morgan fingerprint density at radius 2 is 1.94 bits per heavy atom. The molecule has 1 atom stereocenters. The van der Waals surface area contributed by atoms with Crippen molar-refractivity contribution in [1.29, 1.82) is 0 Å². The van der Waals surface area contributed by atoms with Crippen LogP contribution in [0.1, 0.15) is 27.8 Å². The number of rotatable bonds is 6. The topological polar surface area (TPSA) is 134 Å². The fraction of sp³-hybridized carbons (Fsp3) is 0.261. The maximum absolute atomic E-state index is 12.8. The van der Waals surface area contributed by atoms with Crippen LogP contribution in [0, 0.1) is 0 Å². The number of imidazole rings is 1. The number of nitrogens with zero attached hydrogens (tertiary/aromatic N) is 2. The lowest BCUT2D eigenvalue weighted by molar-refractivity contribution is 0.0303.